The maximum atomic E-state index is 12.2. The number of alkyl carbamates (subject to hydrolysis) is 1. The summed E-state index contributed by atoms with van der Waals surface area (Å²) in [4.78, 5) is 12.2. The highest BCUT2D eigenvalue weighted by Crippen LogP contribution is 2.44. The molecule has 1 aliphatic carbocycles. The molecule has 1 aliphatic rings. The van der Waals surface area contributed by atoms with Gasteiger partial charge in [0.2, 0.25) is 0 Å². The van der Waals surface area contributed by atoms with E-state index in [9.17, 15) is 4.79 Å². The minimum atomic E-state index is -1.86. The number of nitrogens with one attached hydrogen (secondary N) is 1. The molecule has 0 aromatic rings. The van der Waals surface area contributed by atoms with E-state index in [2.05, 4.69) is 53.0 Å². The van der Waals surface area contributed by atoms with E-state index in [0.717, 1.165) is 12.8 Å². The Bertz CT molecular complexity index is 433. The van der Waals surface area contributed by atoms with Crippen molar-refractivity contribution in [1.29, 1.82) is 0 Å². The number of hydrogen-bond donors (Lipinski definition) is 1. The number of carbonyl (C=O) groups is 1. The molecular formula is C18H37NO3Si. The van der Waals surface area contributed by atoms with Crippen molar-refractivity contribution >= 4 is 14.4 Å². The molecule has 1 fully saturated rings. The van der Waals surface area contributed by atoms with Crippen LogP contribution < -0.4 is 5.32 Å². The predicted octanol–water partition coefficient (Wildman–Crippen LogP) is 5.09. The molecule has 0 aromatic heterocycles. The number of ether oxygens (including phenoxy) is 1. The predicted molar refractivity (Wildman–Crippen MR) is 98.2 cm³/mol. The van der Waals surface area contributed by atoms with Gasteiger partial charge in [0.25, 0.3) is 0 Å². The van der Waals surface area contributed by atoms with E-state index in [1.54, 1.807) is 0 Å². The summed E-state index contributed by atoms with van der Waals surface area (Å²) < 4.78 is 12.0. The Hall–Kier alpha value is -0.553. The summed E-state index contributed by atoms with van der Waals surface area (Å²) in [7, 11) is -1.86. The van der Waals surface area contributed by atoms with E-state index in [0.29, 0.717) is 0 Å². The Balaban J connectivity index is 2.82. The molecule has 2 atom stereocenters. The monoisotopic (exact) mass is 343 g/mol. The van der Waals surface area contributed by atoms with Gasteiger partial charge in [-0.05, 0) is 57.2 Å². The molecule has 0 aromatic carbocycles. The lowest BCUT2D eigenvalue weighted by Crippen LogP contribution is -2.50. The van der Waals surface area contributed by atoms with Crippen molar-refractivity contribution in [3.8, 4) is 0 Å². The van der Waals surface area contributed by atoms with Gasteiger partial charge in [-0.2, -0.15) is 0 Å². The minimum Gasteiger partial charge on any atom is -0.444 e. The first kappa shape index (κ1) is 20.5. The van der Waals surface area contributed by atoms with Gasteiger partial charge in [0.15, 0.2) is 8.32 Å². The number of rotatable bonds is 3. The first-order chi connectivity index (χ1) is 10.0. The van der Waals surface area contributed by atoms with Crippen LogP contribution in [-0.4, -0.2) is 32.2 Å². The second kappa shape index (κ2) is 6.39. The Kier molecular flexibility index (Phi) is 5.70. The molecule has 0 saturated heterocycles. The Morgan fingerprint density at radius 2 is 1.61 bits per heavy atom. The van der Waals surface area contributed by atoms with Gasteiger partial charge in [0, 0.05) is 0 Å². The third-order valence-electron chi connectivity index (χ3n) is 4.93. The van der Waals surface area contributed by atoms with Crippen LogP contribution in [0.1, 0.15) is 68.2 Å². The minimum absolute atomic E-state index is 0.0222. The van der Waals surface area contributed by atoms with Gasteiger partial charge in [-0.15, -0.1) is 0 Å². The third-order valence-corrected chi connectivity index (χ3v) is 9.43. The first-order valence-electron chi connectivity index (χ1n) is 8.70. The third kappa shape index (κ3) is 6.11. The zero-order valence-corrected chi connectivity index (χ0v) is 17.8. The molecule has 0 radical (unpaired) electrons. The molecule has 23 heavy (non-hydrogen) atoms. The summed E-state index contributed by atoms with van der Waals surface area (Å²) in [6, 6.07) is 0.0222. The molecule has 1 saturated carbocycles. The number of hydrogen-bond acceptors (Lipinski definition) is 3. The van der Waals surface area contributed by atoms with Crippen molar-refractivity contribution in [2.24, 2.45) is 5.41 Å². The molecule has 136 valence electrons. The van der Waals surface area contributed by atoms with Crippen LogP contribution in [-0.2, 0) is 9.16 Å². The van der Waals surface area contributed by atoms with Crippen LogP contribution in [0.4, 0.5) is 4.79 Å². The van der Waals surface area contributed by atoms with Gasteiger partial charge in [-0.1, -0.05) is 34.6 Å². The maximum absolute atomic E-state index is 12.2. The fourth-order valence-electron chi connectivity index (χ4n) is 2.78. The van der Waals surface area contributed by atoms with Gasteiger partial charge >= 0.3 is 6.09 Å². The number of amides is 1. The molecule has 5 heteroatoms. The zero-order valence-electron chi connectivity index (χ0n) is 16.8. The zero-order chi connectivity index (χ0) is 18.3. The highest BCUT2D eigenvalue weighted by molar-refractivity contribution is 6.74. The highest BCUT2D eigenvalue weighted by Gasteiger charge is 2.46. The van der Waals surface area contributed by atoms with E-state index in [1.807, 2.05) is 20.8 Å². The Labute approximate surface area is 143 Å². The average Bonchev–Trinajstić information content (AvgIpc) is 2.47. The van der Waals surface area contributed by atoms with Gasteiger partial charge in [-0.3, -0.25) is 0 Å². The van der Waals surface area contributed by atoms with Gasteiger partial charge in [-0.25, -0.2) is 4.79 Å². The highest BCUT2D eigenvalue weighted by atomic mass is 28.4. The van der Waals surface area contributed by atoms with Gasteiger partial charge < -0.3 is 14.5 Å². The maximum Gasteiger partial charge on any atom is 0.407 e. The van der Waals surface area contributed by atoms with Gasteiger partial charge in [0.05, 0.1) is 12.1 Å². The quantitative estimate of drug-likeness (QED) is 0.726. The molecule has 1 rings (SSSR count). The largest absolute Gasteiger partial charge is 0.444 e. The normalized spacial score (nSPS) is 25.3. The fourth-order valence-corrected chi connectivity index (χ4v) is 4.14. The summed E-state index contributed by atoms with van der Waals surface area (Å²) >= 11 is 0. The van der Waals surface area contributed by atoms with Crippen molar-refractivity contribution in [2.45, 2.75) is 104 Å². The summed E-state index contributed by atoms with van der Waals surface area (Å²) in [5.74, 6) is 0. The Morgan fingerprint density at radius 3 is 2.04 bits per heavy atom. The molecule has 0 unspecified atom stereocenters. The molecular weight excluding hydrogens is 306 g/mol. The molecule has 0 bridgehead atoms. The van der Waals surface area contributed by atoms with Crippen molar-refractivity contribution in [2.75, 3.05) is 0 Å². The lowest BCUT2D eigenvalue weighted by molar-refractivity contribution is 0.0457. The average molecular weight is 344 g/mol. The lowest BCUT2D eigenvalue weighted by Gasteiger charge is -2.40. The lowest BCUT2D eigenvalue weighted by atomic mass is 9.91. The molecule has 0 aliphatic heterocycles. The second-order valence-corrected chi connectivity index (χ2v) is 15.0. The van der Waals surface area contributed by atoms with Crippen LogP contribution in [0.15, 0.2) is 0 Å². The van der Waals surface area contributed by atoms with Crippen LogP contribution >= 0.6 is 0 Å². The van der Waals surface area contributed by atoms with E-state index < -0.39 is 13.9 Å². The number of carbonyl (C=O) groups excluding carboxylic acids is 1. The summed E-state index contributed by atoms with van der Waals surface area (Å²) in [5.41, 5.74) is -0.305. The van der Waals surface area contributed by atoms with Crippen molar-refractivity contribution in [3.63, 3.8) is 0 Å². The van der Waals surface area contributed by atoms with E-state index in [-0.39, 0.29) is 28.7 Å². The van der Waals surface area contributed by atoms with E-state index >= 15 is 0 Å². The standard InChI is InChI=1S/C18H37NO3Si/c1-16(2,3)21-15(20)19-13-11-18(7,8)12-14(13)22-23(9,10)17(4,5)6/h13-14H,11-12H2,1-10H3,(H,19,20)/t13-,14-/m0/s1. The Morgan fingerprint density at radius 1 is 1.09 bits per heavy atom. The summed E-state index contributed by atoms with van der Waals surface area (Å²) in [6.07, 6.45) is 1.62. The van der Waals surface area contributed by atoms with Crippen molar-refractivity contribution in [1.82, 2.24) is 5.32 Å². The molecule has 0 spiro atoms. The smallest absolute Gasteiger partial charge is 0.407 e. The van der Waals surface area contributed by atoms with Crippen molar-refractivity contribution in [3.05, 3.63) is 0 Å². The van der Waals surface area contributed by atoms with E-state index in [1.165, 1.54) is 0 Å². The van der Waals surface area contributed by atoms with Crippen molar-refractivity contribution < 1.29 is 14.0 Å². The summed E-state index contributed by atoms with van der Waals surface area (Å²) in [5, 5.41) is 3.21. The molecule has 1 amide bonds. The van der Waals surface area contributed by atoms with Crippen LogP contribution in [0.2, 0.25) is 18.1 Å². The van der Waals surface area contributed by atoms with E-state index in [4.69, 9.17) is 9.16 Å². The fraction of sp³-hybridized carbons (Fsp3) is 0.944. The van der Waals surface area contributed by atoms with Crippen LogP contribution in [0, 0.1) is 5.41 Å². The second-order valence-electron chi connectivity index (χ2n) is 10.2. The molecule has 4 nitrogen and oxygen atoms in total. The van der Waals surface area contributed by atoms with Gasteiger partial charge in [0.1, 0.15) is 5.60 Å². The topological polar surface area (TPSA) is 47.6 Å². The molecule has 1 N–H and O–H groups in total. The summed E-state index contributed by atoms with van der Waals surface area (Å²) in [6.45, 7) is 21.4. The SMILES string of the molecule is CC1(C)C[C@H](NC(=O)OC(C)(C)C)[C@@H](O[Si](C)(C)C(C)(C)C)C1. The first-order valence-corrected chi connectivity index (χ1v) is 11.6. The van der Waals surface area contributed by atoms with Crippen LogP contribution in [0.25, 0.3) is 0 Å². The molecule has 0 heterocycles. The van der Waals surface area contributed by atoms with Crippen LogP contribution in [0.5, 0.6) is 0 Å². The van der Waals surface area contributed by atoms with Crippen LogP contribution in [0.3, 0.4) is 0 Å².